The Balaban J connectivity index is 2.51. The topological polar surface area (TPSA) is 21.3 Å². The molecular weight excluding hydrogens is 126 g/mol. The van der Waals surface area contributed by atoms with Gasteiger partial charge in [-0.2, -0.15) is 0 Å². The van der Waals surface area contributed by atoms with Crippen molar-refractivity contribution in [3.8, 4) is 0 Å². The monoisotopic (exact) mass is 141 g/mol. The predicted octanol–water partition coefficient (Wildman–Crippen LogP) is 1.29. The minimum Gasteiger partial charge on any atom is -0.359 e. The van der Waals surface area contributed by atoms with Crippen molar-refractivity contribution in [2.75, 3.05) is 6.61 Å². The van der Waals surface area contributed by atoms with Crippen LogP contribution in [0.15, 0.2) is 12.2 Å². The summed E-state index contributed by atoms with van der Waals surface area (Å²) in [6.45, 7) is 10.7. The fraction of sp³-hybridized carbons (Fsp3) is 0.750. The lowest BCUT2D eigenvalue weighted by Crippen LogP contribution is -2.38. The molecule has 0 aromatic carbocycles. The van der Waals surface area contributed by atoms with Crippen molar-refractivity contribution in [1.29, 1.82) is 0 Å². The van der Waals surface area contributed by atoms with E-state index in [0.29, 0.717) is 6.04 Å². The Kier molecular flexibility index (Phi) is 1.84. The number of hydrogen-bond donors (Lipinski definition) is 1. The molecule has 0 spiro atoms. The van der Waals surface area contributed by atoms with E-state index in [1.807, 2.05) is 20.8 Å². The van der Waals surface area contributed by atoms with E-state index >= 15 is 0 Å². The predicted molar refractivity (Wildman–Crippen MR) is 41.8 cm³/mol. The molecule has 10 heavy (non-hydrogen) atoms. The largest absolute Gasteiger partial charge is 0.359 e. The van der Waals surface area contributed by atoms with Gasteiger partial charge in [-0.1, -0.05) is 12.2 Å². The fourth-order valence-corrected chi connectivity index (χ4v) is 1.06. The van der Waals surface area contributed by atoms with Gasteiger partial charge >= 0.3 is 0 Å². The molecule has 2 heteroatoms. The normalized spacial score (nSPS) is 30.5. The second kappa shape index (κ2) is 2.36. The molecule has 1 unspecified atom stereocenters. The SMILES string of the molecule is C=C(C)C1COC(C)(C)N1. The van der Waals surface area contributed by atoms with Crippen molar-refractivity contribution in [3.05, 3.63) is 12.2 Å². The molecule has 0 saturated carbocycles. The highest BCUT2D eigenvalue weighted by atomic mass is 16.5. The maximum Gasteiger partial charge on any atom is 0.114 e. The van der Waals surface area contributed by atoms with Crippen LogP contribution in [0.1, 0.15) is 20.8 Å². The first-order chi connectivity index (χ1) is 4.51. The van der Waals surface area contributed by atoms with E-state index in [9.17, 15) is 0 Å². The lowest BCUT2D eigenvalue weighted by Gasteiger charge is -2.17. The Bertz CT molecular complexity index is 151. The molecule has 1 N–H and O–H groups in total. The third-order valence-corrected chi connectivity index (χ3v) is 1.73. The number of rotatable bonds is 1. The van der Waals surface area contributed by atoms with E-state index in [0.717, 1.165) is 12.2 Å². The van der Waals surface area contributed by atoms with Gasteiger partial charge in [0.05, 0.1) is 12.6 Å². The Hall–Kier alpha value is -0.340. The quantitative estimate of drug-likeness (QED) is 0.555. The Morgan fingerprint density at radius 3 is 2.50 bits per heavy atom. The molecule has 1 atom stereocenters. The summed E-state index contributed by atoms with van der Waals surface area (Å²) < 4.78 is 5.44. The van der Waals surface area contributed by atoms with Crippen molar-refractivity contribution in [2.45, 2.75) is 32.5 Å². The first kappa shape index (κ1) is 7.76. The van der Waals surface area contributed by atoms with Gasteiger partial charge in [0.1, 0.15) is 5.72 Å². The number of hydrogen-bond acceptors (Lipinski definition) is 2. The summed E-state index contributed by atoms with van der Waals surface area (Å²) in [6, 6.07) is 0.343. The van der Waals surface area contributed by atoms with Crippen molar-refractivity contribution in [2.24, 2.45) is 0 Å². The molecule has 0 aromatic rings. The van der Waals surface area contributed by atoms with Crippen LogP contribution in [-0.2, 0) is 4.74 Å². The van der Waals surface area contributed by atoms with Gasteiger partial charge < -0.3 is 4.74 Å². The molecule has 1 aliphatic heterocycles. The molecule has 1 heterocycles. The zero-order chi connectivity index (χ0) is 7.78. The number of ether oxygens (including phenoxy) is 1. The first-order valence-corrected chi connectivity index (χ1v) is 3.58. The third kappa shape index (κ3) is 1.58. The van der Waals surface area contributed by atoms with Crippen LogP contribution in [0.2, 0.25) is 0 Å². The molecule has 0 radical (unpaired) electrons. The average molecular weight is 141 g/mol. The zero-order valence-corrected chi connectivity index (χ0v) is 6.90. The zero-order valence-electron chi connectivity index (χ0n) is 6.90. The highest BCUT2D eigenvalue weighted by Gasteiger charge is 2.30. The molecule has 1 aliphatic rings. The van der Waals surface area contributed by atoms with E-state index < -0.39 is 0 Å². The maximum absolute atomic E-state index is 5.44. The van der Waals surface area contributed by atoms with Crippen molar-refractivity contribution in [3.63, 3.8) is 0 Å². The van der Waals surface area contributed by atoms with Gasteiger partial charge in [0.15, 0.2) is 0 Å². The highest BCUT2D eigenvalue weighted by molar-refractivity contribution is 5.05. The standard InChI is InChI=1S/C8H15NO/c1-6(2)7-5-10-8(3,4)9-7/h7,9H,1,5H2,2-4H3. The molecule has 58 valence electrons. The van der Waals surface area contributed by atoms with Gasteiger partial charge in [-0.25, -0.2) is 0 Å². The van der Waals surface area contributed by atoms with Crippen LogP contribution in [0.4, 0.5) is 0 Å². The van der Waals surface area contributed by atoms with Crippen molar-refractivity contribution in [1.82, 2.24) is 5.32 Å². The van der Waals surface area contributed by atoms with Gasteiger partial charge in [-0.3, -0.25) is 5.32 Å². The Labute approximate surface area is 62.3 Å². The molecule has 2 nitrogen and oxygen atoms in total. The third-order valence-electron chi connectivity index (χ3n) is 1.73. The summed E-state index contributed by atoms with van der Waals surface area (Å²) in [4.78, 5) is 0. The Morgan fingerprint density at radius 1 is 1.70 bits per heavy atom. The van der Waals surface area contributed by atoms with Gasteiger partial charge in [0, 0.05) is 0 Å². The summed E-state index contributed by atoms with van der Waals surface area (Å²) in [7, 11) is 0. The van der Waals surface area contributed by atoms with Crippen LogP contribution in [0.25, 0.3) is 0 Å². The van der Waals surface area contributed by atoms with Gasteiger partial charge in [0.2, 0.25) is 0 Å². The summed E-state index contributed by atoms with van der Waals surface area (Å²) in [5.74, 6) is 0. The molecule has 0 amide bonds. The summed E-state index contributed by atoms with van der Waals surface area (Å²) in [5.41, 5.74) is 0.981. The lowest BCUT2D eigenvalue weighted by atomic mass is 10.1. The maximum atomic E-state index is 5.44. The van der Waals surface area contributed by atoms with Crippen molar-refractivity contribution >= 4 is 0 Å². The summed E-state index contributed by atoms with van der Waals surface area (Å²) in [6.07, 6.45) is 0. The second-order valence-corrected chi connectivity index (χ2v) is 3.36. The van der Waals surface area contributed by atoms with E-state index in [2.05, 4.69) is 11.9 Å². The van der Waals surface area contributed by atoms with Gasteiger partial charge in [-0.15, -0.1) is 0 Å². The molecule has 1 saturated heterocycles. The highest BCUT2D eigenvalue weighted by Crippen LogP contribution is 2.17. The van der Waals surface area contributed by atoms with E-state index in [-0.39, 0.29) is 5.72 Å². The molecule has 1 fully saturated rings. The van der Waals surface area contributed by atoms with Gasteiger partial charge in [-0.05, 0) is 20.8 Å². The molecule has 0 bridgehead atoms. The molecular formula is C8H15NO. The van der Waals surface area contributed by atoms with E-state index in [1.165, 1.54) is 0 Å². The summed E-state index contributed by atoms with van der Waals surface area (Å²) in [5, 5.41) is 3.31. The van der Waals surface area contributed by atoms with Crippen LogP contribution in [0.3, 0.4) is 0 Å². The summed E-state index contributed by atoms with van der Waals surface area (Å²) >= 11 is 0. The fourth-order valence-electron chi connectivity index (χ4n) is 1.06. The van der Waals surface area contributed by atoms with Crippen LogP contribution in [0.5, 0.6) is 0 Å². The van der Waals surface area contributed by atoms with Crippen LogP contribution >= 0.6 is 0 Å². The minimum absolute atomic E-state index is 0.163. The van der Waals surface area contributed by atoms with Crippen LogP contribution in [0, 0.1) is 0 Å². The smallest absolute Gasteiger partial charge is 0.114 e. The minimum atomic E-state index is -0.163. The van der Waals surface area contributed by atoms with Crippen LogP contribution < -0.4 is 5.32 Å². The second-order valence-electron chi connectivity index (χ2n) is 3.36. The average Bonchev–Trinajstić information content (AvgIpc) is 2.10. The van der Waals surface area contributed by atoms with E-state index in [4.69, 9.17) is 4.74 Å². The molecule has 0 aromatic heterocycles. The first-order valence-electron chi connectivity index (χ1n) is 3.58. The Morgan fingerprint density at radius 2 is 2.30 bits per heavy atom. The van der Waals surface area contributed by atoms with E-state index in [1.54, 1.807) is 0 Å². The molecule has 1 rings (SSSR count). The number of nitrogens with one attached hydrogen (secondary N) is 1. The molecule has 0 aliphatic carbocycles. The van der Waals surface area contributed by atoms with Crippen molar-refractivity contribution < 1.29 is 4.74 Å². The van der Waals surface area contributed by atoms with Gasteiger partial charge in [0.25, 0.3) is 0 Å². The van der Waals surface area contributed by atoms with Crippen LogP contribution in [-0.4, -0.2) is 18.4 Å². The lowest BCUT2D eigenvalue weighted by molar-refractivity contribution is 0.0232.